The summed E-state index contributed by atoms with van der Waals surface area (Å²) >= 11 is 5.93. The van der Waals surface area contributed by atoms with Gasteiger partial charge in [-0.05, 0) is 30.3 Å². The van der Waals surface area contributed by atoms with Crippen LogP contribution in [-0.4, -0.2) is 43.0 Å². The lowest BCUT2D eigenvalue weighted by atomic mass is 10.0. The summed E-state index contributed by atoms with van der Waals surface area (Å²) in [4.78, 5) is 32.8. The van der Waals surface area contributed by atoms with Gasteiger partial charge >= 0.3 is 0 Å². The number of nitrogens with one attached hydrogen (secondary N) is 2. The van der Waals surface area contributed by atoms with E-state index in [4.69, 9.17) is 16.3 Å². The Bertz CT molecular complexity index is 1760. The highest BCUT2D eigenvalue weighted by Gasteiger charge is 2.22. The number of amides is 1. The van der Waals surface area contributed by atoms with Crippen molar-refractivity contribution in [1.29, 1.82) is 0 Å². The first-order valence-electron chi connectivity index (χ1n) is 11.4. The monoisotopic (exact) mass is 577 g/mol. The predicted octanol–water partition coefficient (Wildman–Crippen LogP) is 3.58. The van der Waals surface area contributed by atoms with E-state index < -0.39 is 38.0 Å². The van der Waals surface area contributed by atoms with E-state index in [0.717, 1.165) is 24.3 Å². The minimum absolute atomic E-state index is 0.0517. The Kier molecular flexibility index (Phi) is 7.84. The fourth-order valence-corrected chi connectivity index (χ4v) is 5.46. The molecule has 10 nitrogen and oxygen atoms in total. The third-order valence-electron chi connectivity index (χ3n) is 5.86. The number of nitrogens with zero attached hydrogens (tertiary/aromatic N) is 3. The fourth-order valence-electron chi connectivity index (χ4n) is 3.88. The number of ether oxygens (including phenoxy) is 1. The lowest BCUT2D eigenvalue weighted by molar-refractivity contribution is -0.124. The first kappa shape index (κ1) is 27.9. The first-order valence-corrected chi connectivity index (χ1v) is 13.2. The molecule has 0 saturated heterocycles. The Hall–Kier alpha value is -4.10. The lowest BCUT2D eigenvalue weighted by Gasteiger charge is -2.14. The molecule has 0 fully saturated rings. The largest absolute Gasteiger partial charge is 0.480 e. The zero-order valence-electron chi connectivity index (χ0n) is 20.8. The van der Waals surface area contributed by atoms with Crippen molar-refractivity contribution in [2.45, 2.75) is 18.4 Å². The third-order valence-corrected chi connectivity index (χ3v) is 7.71. The number of aromatic nitrogens is 3. The molecule has 0 unspecified atom stereocenters. The number of carbonyl (C=O) groups excluding carboxylic acids is 1. The number of rotatable bonds is 8. The van der Waals surface area contributed by atoms with Crippen LogP contribution in [0.2, 0.25) is 5.02 Å². The van der Waals surface area contributed by atoms with Crippen molar-refractivity contribution in [3.63, 3.8) is 0 Å². The maximum absolute atomic E-state index is 15.2. The molecule has 4 rings (SSSR count). The van der Waals surface area contributed by atoms with Gasteiger partial charge in [-0.3, -0.25) is 18.9 Å². The van der Waals surface area contributed by atoms with Crippen molar-refractivity contribution in [3.8, 4) is 17.0 Å². The third kappa shape index (κ3) is 5.68. The number of methoxy groups -OCH3 is 1. The molecule has 2 aromatic heterocycles. The summed E-state index contributed by atoms with van der Waals surface area (Å²) in [6, 6.07) is 6.41. The zero-order valence-corrected chi connectivity index (χ0v) is 22.4. The highest BCUT2D eigenvalue weighted by atomic mass is 35.5. The summed E-state index contributed by atoms with van der Waals surface area (Å²) in [6.07, 6.45) is 2.49. The van der Waals surface area contributed by atoms with Crippen molar-refractivity contribution in [2.75, 3.05) is 18.9 Å². The maximum atomic E-state index is 15.2. The Morgan fingerprint density at radius 1 is 1.18 bits per heavy atom. The molecule has 0 spiro atoms. The molecule has 1 atom stereocenters. The summed E-state index contributed by atoms with van der Waals surface area (Å²) in [5, 5.41) is 2.24. The summed E-state index contributed by atoms with van der Waals surface area (Å²) in [7, 11) is -1.58. The van der Waals surface area contributed by atoms with Gasteiger partial charge in [0.2, 0.25) is 11.8 Å². The van der Waals surface area contributed by atoms with Gasteiger partial charge in [-0.25, -0.2) is 27.2 Å². The molecule has 2 aromatic carbocycles. The van der Waals surface area contributed by atoms with Gasteiger partial charge in [0.25, 0.3) is 15.6 Å². The van der Waals surface area contributed by atoms with Gasteiger partial charge in [0.15, 0.2) is 0 Å². The molecule has 1 amide bonds. The SMILES string of the molecule is CNC(=O)[C@H](C)Cn1cnc2cc(F)c(-c3cnc(OC)c(NS(=O)(=O)c4ccc(F)cc4Cl)c3)cc2c1=O. The Balaban J connectivity index is 1.78. The minimum atomic E-state index is -4.33. The smallest absolute Gasteiger partial charge is 0.263 e. The molecule has 4 aromatic rings. The van der Waals surface area contributed by atoms with E-state index in [1.807, 2.05) is 0 Å². The van der Waals surface area contributed by atoms with Gasteiger partial charge < -0.3 is 10.1 Å². The lowest BCUT2D eigenvalue weighted by Crippen LogP contribution is -2.32. The first-order chi connectivity index (χ1) is 18.4. The summed E-state index contributed by atoms with van der Waals surface area (Å²) < 4.78 is 63.2. The highest BCUT2D eigenvalue weighted by Crippen LogP contribution is 2.33. The van der Waals surface area contributed by atoms with Crippen LogP contribution in [0.15, 0.2) is 58.6 Å². The van der Waals surface area contributed by atoms with Crippen LogP contribution in [0, 0.1) is 17.6 Å². The normalized spacial score (nSPS) is 12.3. The van der Waals surface area contributed by atoms with Gasteiger partial charge in [0.1, 0.15) is 22.2 Å². The van der Waals surface area contributed by atoms with Crippen molar-refractivity contribution in [2.24, 2.45) is 5.92 Å². The van der Waals surface area contributed by atoms with E-state index in [1.54, 1.807) is 6.92 Å². The standard InChI is InChI=1S/C25H22ClF2N5O5S/c1-13(23(34)29-2)11-33-12-31-20-9-19(28)16(8-17(20)25(33)35)14-6-21(24(38-3)30-10-14)32-39(36,37)22-5-4-15(27)7-18(22)26/h4-10,12-13,32H,11H2,1-3H3,(H,29,34)/t13-/m1/s1. The van der Waals surface area contributed by atoms with Crippen LogP contribution >= 0.6 is 11.6 Å². The quantitative estimate of drug-likeness (QED) is 0.327. The molecule has 0 saturated carbocycles. The number of sulfonamides is 1. The second-order valence-electron chi connectivity index (χ2n) is 8.53. The number of hydrogen-bond donors (Lipinski definition) is 2. The summed E-state index contributed by atoms with van der Waals surface area (Å²) in [6.45, 7) is 1.70. The van der Waals surface area contributed by atoms with Crippen LogP contribution in [0.5, 0.6) is 5.88 Å². The molecule has 2 heterocycles. The molecule has 0 aliphatic rings. The zero-order chi connectivity index (χ0) is 28.5. The average molecular weight is 578 g/mol. The Labute approximate surface area is 226 Å². The van der Waals surface area contributed by atoms with E-state index in [2.05, 4.69) is 20.0 Å². The van der Waals surface area contributed by atoms with Gasteiger partial charge in [-0.1, -0.05) is 18.5 Å². The Morgan fingerprint density at radius 3 is 2.59 bits per heavy atom. The van der Waals surface area contributed by atoms with Crippen LogP contribution in [0.25, 0.3) is 22.0 Å². The molecule has 204 valence electrons. The van der Waals surface area contributed by atoms with Crippen LogP contribution in [0.1, 0.15) is 6.92 Å². The molecule has 2 N–H and O–H groups in total. The summed E-state index contributed by atoms with van der Waals surface area (Å²) in [5.41, 5.74) is -0.498. The molecular formula is C25H22ClF2N5O5S. The Morgan fingerprint density at radius 2 is 1.92 bits per heavy atom. The second kappa shape index (κ2) is 10.9. The molecule has 0 radical (unpaired) electrons. The number of carbonyl (C=O) groups is 1. The van der Waals surface area contributed by atoms with Crippen molar-refractivity contribution < 1.29 is 26.7 Å². The summed E-state index contributed by atoms with van der Waals surface area (Å²) in [5.74, 6) is -2.38. The van der Waals surface area contributed by atoms with Gasteiger partial charge in [0, 0.05) is 37.0 Å². The van der Waals surface area contributed by atoms with Crippen molar-refractivity contribution >= 4 is 44.1 Å². The van der Waals surface area contributed by atoms with E-state index in [9.17, 15) is 22.4 Å². The van der Waals surface area contributed by atoms with Gasteiger partial charge in [-0.15, -0.1) is 0 Å². The highest BCUT2D eigenvalue weighted by molar-refractivity contribution is 7.92. The van der Waals surface area contributed by atoms with Crippen molar-refractivity contribution in [1.82, 2.24) is 19.9 Å². The second-order valence-corrected chi connectivity index (χ2v) is 10.6. The van der Waals surface area contributed by atoms with E-state index in [-0.39, 0.29) is 51.1 Å². The fraction of sp³-hybridized carbons (Fsp3) is 0.200. The van der Waals surface area contributed by atoms with Crippen LogP contribution < -0.4 is 20.3 Å². The van der Waals surface area contributed by atoms with E-state index >= 15 is 4.39 Å². The molecule has 0 bridgehead atoms. The number of pyridine rings is 1. The maximum Gasteiger partial charge on any atom is 0.263 e. The number of benzene rings is 2. The topological polar surface area (TPSA) is 132 Å². The number of hydrogen-bond acceptors (Lipinski definition) is 7. The van der Waals surface area contributed by atoms with Gasteiger partial charge in [0.05, 0.1) is 35.3 Å². The predicted molar refractivity (Wildman–Crippen MR) is 141 cm³/mol. The van der Waals surface area contributed by atoms with Crippen molar-refractivity contribution in [3.05, 3.63) is 75.9 Å². The molecular weight excluding hydrogens is 556 g/mol. The van der Waals surface area contributed by atoms with Crippen LogP contribution in [-0.2, 0) is 21.4 Å². The number of fused-ring (bicyclic) bond motifs is 1. The van der Waals surface area contributed by atoms with E-state index in [0.29, 0.717) is 0 Å². The number of halogens is 3. The minimum Gasteiger partial charge on any atom is -0.480 e. The van der Waals surface area contributed by atoms with Gasteiger partial charge in [-0.2, -0.15) is 0 Å². The van der Waals surface area contributed by atoms with E-state index in [1.165, 1.54) is 43.4 Å². The molecule has 0 aliphatic heterocycles. The molecule has 14 heteroatoms. The average Bonchev–Trinajstić information content (AvgIpc) is 2.89. The molecule has 0 aliphatic carbocycles. The number of anilines is 1. The van der Waals surface area contributed by atoms with Crippen LogP contribution in [0.3, 0.4) is 0 Å². The molecule has 39 heavy (non-hydrogen) atoms. The van der Waals surface area contributed by atoms with Crippen LogP contribution in [0.4, 0.5) is 14.5 Å².